The van der Waals surface area contributed by atoms with Crippen LogP contribution in [-0.2, 0) is 9.59 Å². The van der Waals surface area contributed by atoms with Crippen LogP contribution in [0.1, 0.15) is 106 Å². The number of fused-ring (bicyclic) bond motifs is 7. The zero-order valence-corrected chi connectivity index (χ0v) is 24.0. The van der Waals surface area contributed by atoms with Crippen molar-refractivity contribution in [1.29, 1.82) is 0 Å². The summed E-state index contributed by atoms with van der Waals surface area (Å²) in [6, 6.07) is 0.192. The Hall–Kier alpha value is -1.20. The van der Waals surface area contributed by atoms with Crippen molar-refractivity contribution in [2.24, 2.45) is 56.0 Å². The maximum atomic E-state index is 14.3. The van der Waals surface area contributed by atoms with Crippen LogP contribution in [0.25, 0.3) is 0 Å². The molecule has 0 bridgehead atoms. The Morgan fingerprint density at radius 1 is 0.972 bits per heavy atom. The minimum absolute atomic E-state index is 0.0220. The van der Waals surface area contributed by atoms with E-state index in [0.29, 0.717) is 18.1 Å². The first-order valence-corrected chi connectivity index (χ1v) is 14.4. The number of allylic oxidation sites excluding steroid dienone is 2. The highest BCUT2D eigenvalue weighted by Crippen LogP contribution is 2.75. The normalized spacial score (nSPS) is 51.7. The number of hydroxylamine groups is 2. The molecule has 5 rings (SSSR count). The molecule has 9 atom stereocenters. The maximum Gasteiger partial charge on any atom is 0.251 e. The molecule has 0 saturated heterocycles. The van der Waals surface area contributed by atoms with Gasteiger partial charge in [-0.25, -0.2) is 5.06 Å². The lowest BCUT2D eigenvalue weighted by Gasteiger charge is -2.70. The molecule has 3 N–H and O–H groups in total. The maximum absolute atomic E-state index is 14.3. The molecule has 5 aliphatic carbocycles. The van der Waals surface area contributed by atoms with Gasteiger partial charge in [0.2, 0.25) is 0 Å². The van der Waals surface area contributed by atoms with Gasteiger partial charge in [0.15, 0.2) is 5.78 Å². The minimum Gasteiger partial charge on any atom is -0.327 e. The predicted molar refractivity (Wildman–Crippen MR) is 142 cm³/mol. The molecule has 1 unspecified atom stereocenters. The molecule has 0 aromatic heterocycles. The molecule has 0 radical (unpaired) electrons. The van der Waals surface area contributed by atoms with Crippen LogP contribution in [0.4, 0.5) is 0 Å². The first-order chi connectivity index (χ1) is 16.5. The summed E-state index contributed by atoms with van der Waals surface area (Å²) < 4.78 is 0. The molecule has 202 valence electrons. The molecular weight excluding hydrogens is 448 g/mol. The van der Waals surface area contributed by atoms with Gasteiger partial charge >= 0.3 is 0 Å². The molecule has 36 heavy (non-hydrogen) atoms. The van der Waals surface area contributed by atoms with Crippen molar-refractivity contribution < 1.29 is 14.8 Å². The van der Waals surface area contributed by atoms with Crippen LogP contribution in [-0.4, -0.2) is 35.1 Å². The van der Waals surface area contributed by atoms with Crippen molar-refractivity contribution in [1.82, 2.24) is 5.06 Å². The average Bonchev–Trinajstić information content (AvgIpc) is 2.78. The number of rotatable bonds is 1. The predicted octanol–water partition coefficient (Wildman–Crippen LogP) is 6.14. The van der Waals surface area contributed by atoms with Crippen LogP contribution in [0.15, 0.2) is 11.6 Å². The van der Waals surface area contributed by atoms with E-state index in [1.54, 1.807) is 0 Å². The third-order valence-corrected chi connectivity index (χ3v) is 13.5. The number of nitrogens with zero attached hydrogens (tertiary/aromatic N) is 1. The highest BCUT2D eigenvalue weighted by atomic mass is 16.5. The number of amides is 1. The SMILES string of the molecule is CN(O)C(=O)[C@@]1(C)CC[C@]2(C)CC[C@]3(C)C(=CC(=O)[C@@H]4[C@@]5(C)CC[C@@H](N)C(C)(C)C5CC[C@]43C)[C@@H]2C1. The largest absolute Gasteiger partial charge is 0.327 e. The number of carbonyl (C=O) groups is 2. The van der Waals surface area contributed by atoms with E-state index >= 15 is 0 Å². The highest BCUT2D eigenvalue weighted by Gasteiger charge is 2.70. The van der Waals surface area contributed by atoms with E-state index in [9.17, 15) is 14.8 Å². The van der Waals surface area contributed by atoms with Crippen molar-refractivity contribution in [3.8, 4) is 0 Å². The van der Waals surface area contributed by atoms with Gasteiger partial charge in [0, 0.05) is 24.4 Å². The molecule has 4 fully saturated rings. The van der Waals surface area contributed by atoms with E-state index in [1.807, 2.05) is 6.92 Å². The molecule has 0 aromatic rings. The summed E-state index contributed by atoms with van der Waals surface area (Å²) in [5, 5.41) is 10.8. The molecule has 5 nitrogen and oxygen atoms in total. The molecule has 0 aromatic carbocycles. The van der Waals surface area contributed by atoms with E-state index < -0.39 is 5.41 Å². The Balaban J connectivity index is 1.60. The minimum atomic E-state index is -0.596. The molecule has 5 aliphatic rings. The van der Waals surface area contributed by atoms with Gasteiger partial charge < -0.3 is 5.73 Å². The van der Waals surface area contributed by atoms with E-state index in [4.69, 9.17) is 5.73 Å². The number of nitrogens with two attached hydrogens (primary N) is 1. The van der Waals surface area contributed by atoms with Gasteiger partial charge in [0.05, 0.1) is 0 Å². The van der Waals surface area contributed by atoms with Gasteiger partial charge in [-0.05, 0) is 103 Å². The molecule has 5 heteroatoms. The quantitative estimate of drug-likeness (QED) is 0.336. The molecular formula is C31H50N2O3. The summed E-state index contributed by atoms with van der Waals surface area (Å²) >= 11 is 0. The summed E-state index contributed by atoms with van der Waals surface area (Å²) in [6.07, 6.45) is 11.0. The molecule has 4 saturated carbocycles. The number of ketones is 1. The summed E-state index contributed by atoms with van der Waals surface area (Å²) in [5.74, 6) is 0.804. The van der Waals surface area contributed by atoms with Crippen molar-refractivity contribution in [2.45, 2.75) is 112 Å². The van der Waals surface area contributed by atoms with Crippen molar-refractivity contribution in [3.05, 3.63) is 11.6 Å². The standard InChI is InChI=1S/C31H50N2O3/c1-26(2)22-9-12-31(7)24(29(22,5)11-10-23(26)32)21(34)17-19-20-18-28(4,25(35)33(8)36)14-13-27(20,3)15-16-30(19,31)6/h17,20,22-24,36H,9-16,18,32H2,1-8H3/t20-,22?,23+,24+,27+,28-,29-,30+,31+/m0/s1. The van der Waals surface area contributed by atoms with E-state index in [1.165, 1.54) is 12.6 Å². The number of hydrogen-bond donors (Lipinski definition) is 2. The van der Waals surface area contributed by atoms with Crippen LogP contribution >= 0.6 is 0 Å². The first-order valence-electron chi connectivity index (χ1n) is 14.4. The fourth-order valence-electron chi connectivity index (χ4n) is 10.8. The Bertz CT molecular complexity index is 1020. The fraction of sp³-hybridized carbons (Fsp3) is 0.871. The van der Waals surface area contributed by atoms with Crippen LogP contribution in [0, 0.1) is 50.2 Å². The second-order valence-corrected chi connectivity index (χ2v) is 15.5. The second-order valence-electron chi connectivity index (χ2n) is 15.5. The second kappa shape index (κ2) is 7.68. The number of hydrogen-bond acceptors (Lipinski definition) is 4. The van der Waals surface area contributed by atoms with Gasteiger partial charge in [-0.1, -0.05) is 54.0 Å². The average molecular weight is 499 g/mol. The lowest BCUT2D eigenvalue weighted by Crippen LogP contribution is -2.67. The van der Waals surface area contributed by atoms with E-state index in [-0.39, 0.29) is 50.9 Å². The molecule has 0 aliphatic heterocycles. The Morgan fingerprint density at radius 3 is 2.25 bits per heavy atom. The van der Waals surface area contributed by atoms with Gasteiger partial charge in [-0.2, -0.15) is 0 Å². The Morgan fingerprint density at radius 2 is 1.61 bits per heavy atom. The van der Waals surface area contributed by atoms with Gasteiger partial charge in [0.1, 0.15) is 0 Å². The highest BCUT2D eigenvalue weighted by molar-refractivity contribution is 5.95. The Kier molecular flexibility index (Phi) is 5.64. The zero-order chi connectivity index (χ0) is 26.7. The topological polar surface area (TPSA) is 83.6 Å². The Labute approximate surface area is 218 Å². The van der Waals surface area contributed by atoms with Gasteiger partial charge in [-0.15, -0.1) is 0 Å². The fourth-order valence-corrected chi connectivity index (χ4v) is 10.8. The van der Waals surface area contributed by atoms with Crippen LogP contribution in [0.5, 0.6) is 0 Å². The first kappa shape index (κ1) is 26.4. The van der Waals surface area contributed by atoms with Gasteiger partial charge in [0.25, 0.3) is 5.91 Å². The summed E-state index contributed by atoms with van der Waals surface area (Å²) in [5.41, 5.74) is 7.33. The molecule has 0 heterocycles. The molecule has 1 amide bonds. The molecule has 0 spiro atoms. The van der Waals surface area contributed by atoms with Crippen molar-refractivity contribution in [3.63, 3.8) is 0 Å². The lowest BCUT2D eigenvalue weighted by molar-refractivity contribution is -0.190. The monoisotopic (exact) mass is 498 g/mol. The smallest absolute Gasteiger partial charge is 0.251 e. The van der Waals surface area contributed by atoms with Crippen molar-refractivity contribution in [2.75, 3.05) is 7.05 Å². The number of carbonyl (C=O) groups excluding carboxylic acids is 2. The lowest BCUT2D eigenvalue weighted by atomic mass is 9.33. The van der Waals surface area contributed by atoms with E-state index in [0.717, 1.165) is 56.4 Å². The summed E-state index contributed by atoms with van der Waals surface area (Å²) in [4.78, 5) is 27.4. The third-order valence-electron chi connectivity index (χ3n) is 13.5. The third kappa shape index (κ3) is 3.14. The van der Waals surface area contributed by atoms with Crippen LogP contribution in [0.3, 0.4) is 0 Å². The van der Waals surface area contributed by atoms with Crippen LogP contribution < -0.4 is 5.73 Å². The zero-order valence-electron chi connectivity index (χ0n) is 24.0. The summed E-state index contributed by atoms with van der Waals surface area (Å²) in [7, 11) is 1.44. The van der Waals surface area contributed by atoms with Crippen LogP contribution in [0.2, 0.25) is 0 Å². The summed E-state index contributed by atoms with van der Waals surface area (Å²) in [6.45, 7) is 16.4. The van der Waals surface area contributed by atoms with Crippen molar-refractivity contribution >= 4 is 11.7 Å². The van der Waals surface area contributed by atoms with E-state index in [2.05, 4.69) is 47.6 Å². The van der Waals surface area contributed by atoms with Gasteiger partial charge in [-0.3, -0.25) is 14.8 Å².